The maximum atomic E-state index is 12.4. The first-order valence-electron chi connectivity index (χ1n) is 9.50. The number of benzene rings is 2. The lowest BCUT2D eigenvalue weighted by Crippen LogP contribution is -2.29. The average Bonchev–Trinajstić information content (AvgIpc) is 2.70. The molecule has 2 aromatic rings. The fourth-order valence-electron chi connectivity index (χ4n) is 2.58. The van der Waals surface area contributed by atoms with Gasteiger partial charge >= 0.3 is 0 Å². The average molecular weight is 396 g/mol. The summed E-state index contributed by atoms with van der Waals surface area (Å²) in [5, 5.41) is 8.63. The van der Waals surface area contributed by atoms with Crippen LogP contribution in [0, 0.1) is 5.92 Å². The van der Waals surface area contributed by atoms with Gasteiger partial charge in [0.05, 0.1) is 17.8 Å². The van der Waals surface area contributed by atoms with E-state index in [0.717, 1.165) is 0 Å². The zero-order valence-electron chi connectivity index (χ0n) is 17.3. The lowest BCUT2D eigenvalue weighted by molar-refractivity contribution is -0.114. The second-order valence-corrected chi connectivity index (χ2v) is 7.33. The van der Waals surface area contributed by atoms with Crippen LogP contribution >= 0.6 is 0 Å². The number of anilines is 2. The van der Waals surface area contributed by atoms with Crippen LogP contribution in [-0.4, -0.2) is 49.8 Å². The molecule has 0 aromatic heterocycles. The highest BCUT2D eigenvalue weighted by molar-refractivity contribution is 6.04. The van der Waals surface area contributed by atoms with Crippen molar-refractivity contribution in [1.82, 2.24) is 10.2 Å². The molecule has 29 heavy (non-hydrogen) atoms. The molecule has 0 heterocycles. The highest BCUT2D eigenvalue weighted by Gasteiger charge is 2.13. The monoisotopic (exact) mass is 396 g/mol. The van der Waals surface area contributed by atoms with Gasteiger partial charge in [-0.05, 0) is 36.2 Å². The molecule has 2 rings (SSSR count). The minimum absolute atomic E-state index is 0.00154. The summed E-state index contributed by atoms with van der Waals surface area (Å²) in [6.45, 7) is 4.59. The Hall–Kier alpha value is -3.35. The molecule has 7 heteroatoms. The number of rotatable bonds is 8. The van der Waals surface area contributed by atoms with E-state index in [0.29, 0.717) is 35.0 Å². The Morgan fingerprint density at radius 3 is 2.41 bits per heavy atom. The van der Waals surface area contributed by atoms with Crippen molar-refractivity contribution in [3.63, 3.8) is 0 Å². The van der Waals surface area contributed by atoms with Crippen LogP contribution in [0.3, 0.4) is 0 Å². The lowest BCUT2D eigenvalue weighted by Gasteiger charge is -2.14. The standard InChI is InChI=1S/C22H28N4O3/c1-15(2)13-24-21(28)18-10-5-6-11-19(18)25-20(27)14-23-17-9-7-8-16(12-17)22(29)26(3)4/h5-12,15,23H,13-14H2,1-4H3,(H,24,28)(H,25,27). The van der Waals surface area contributed by atoms with E-state index < -0.39 is 0 Å². The predicted octanol–water partition coefficient (Wildman–Crippen LogP) is 2.82. The summed E-state index contributed by atoms with van der Waals surface area (Å²) in [4.78, 5) is 38.3. The first-order valence-corrected chi connectivity index (χ1v) is 9.50. The van der Waals surface area contributed by atoms with Gasteiger partial charge in [0, 0.05) is 31.9 Å². The van der Waals surface area contributed by atoms with Crippen LogP contribution in [0.15, 0.2) is 48.5 Å². The van der Waals surface area contributed by atoms with Crippen molar-refractivity contribution >= 4 is 29.1 Å². The van der Waals surface area contributed by atoms with Crippen LogP contribution in [0.5, 0.6) is 0 Å². The van der Waals surface area contributed by atoms with E-state index in [1.54, 1.807) is 62.6 Å². The van der Waals surface area contributed by atoms with Crippen LogP contribution in [-0.2, 0) is 4.79 Å². The van der Waals surface area contributed by atoms with Gasteiger partial charge in [-0.25, -0.2) is 0 Å². The number of hydrogen-bond acceptors (Lipinski definition) is 4. The van der Waals surface area contributed by atoms with Gasteiger partial charge in [-0.3, -0.25) is 14.4 Å². The first kappa shape index (κ1) is 21.9. The van der Waals surface area contributed by atoms with Crippen molar-refractivity contribution in [2.24, 2.45) is 5.92 Å². The lowest BCUT2D eigenvalue weighted by atomic mass is 10.1. The third-order valence-electron chi connectivity index (χ3n) is 4.09. The normalized spacial score (nSPS) is 10.4. The smallest absolute Gasteiger partial charge is 0.253 e. The van der Waals surface area contributed by atoms with Crippen molar-refractivity contribution < 1.29 is 14.4 Å². The number of amides is 3. The van der Waals surface area contributed by atoms with Crippen molar-refractivity contribution in [2.75, 3.05) is 37.8 Å². The Kier molecular flexibility index (Phi) is 7.77. The third-order valence-corrected chi connectivity index (χ3v) is 4.09. The van der Waals surface area contributed by atoms with Crippen LogP contribution in [0.1, 0.15) is 34.6 Å². The zero-order valence-corrected chi connectivity index (χ0v) is 17.3. The van der Waals surface area contributed by atoms with Gasteiger partial charge in [-0.1, -0.05) is 32.0 Å². The Labute approximate surface area is 171 Å². The van der Waals surface area contributed by atoms with Gasteiger partial charge in [0.15, 0.2) is 0 Å². The van der Waals surface area contributed by atoms with Gasteiger partial charge in [0.1, 0.15) is 0 Å². The second-order valence-electron chi connectivity index (χ2n) is 7.33. The molecule has 0 bridgehead atoms. The van der Waals surface area contributed by atoms with Crippen LogP contribution in [0.25, 0.3) is 0 Å². The van der Waals surface area contributed by atoms with Crippen molar-refractivity contribution in [2.45, 2.75) is 13.8 Å². The van der Waals surface area contributed by atoms with E-state index in [2.05, 4.69) is 16.0 Å². The number of nitrogens with one attached hydrogen (secondary N) is 3. The van der Waals surface area contributed by atoms with E-state index in [4.69, 9.17) is 0 Å². The highest BCUT2D eigenvalue weighted by atomic mass is 16.2. The Morgan fingerprint density at radius 2 is 1.72 bits per heavy atom. The Bertz CT molecular complexity index is 878. The number of carbonyl (C=O) groups is 3. The molecule has 7 nitrogen and oxygen atoms in total. The molecule has 2 aromatic carbocycles. The maximum Gasteiger partial charge on any atom is 0.253 e. The molecule has 0 aliphatic rings. The second kappa shape index (κ2) is 10.3. The minimum Gasteiger partial charge on any atom is -0.376 e. The van der Waals surface area contributed by atoms with Gasteiger partial charge in [0.2, 0.25) is 5.91 Å². The fraction of sp³-hybridized carbons (Fsp3) is 0.318. The Balaban J connectivity index is 1.99. The first-order chi connectivity index (χ1) is 13.8. The topological polar surface area (TPSA) is 90.5 Å². The molecule has 0 spiro atoms. The molecule has 0 atom stereocenters. The third kappa shape index (κ3) is 6.64. The fourth-order valence-corrected chi connectivity index (χ4v) is 2.58. The van der Waals surface area contributed by atoms with Crippen molar-refractivity contribution in [3.05, 3.63) is 59.7 Å². The van der Waals surface area contributed by atoms with Crippen molar-refractivity contribution in [1.29, 1.82) is 0 Å². The quantitative estimate of drug-likeness (QED) is 0.640. The van der Waals surface area contributed by atoms with Gasteiger partial charge < -0.3 is 20.9 Å². The van der Waals surface area contributed by atoms with Crippen LogP contribution in [0.4, 0.5) is 11.4 Å². The van der Waals surface area contributed by atoms with E-state index in [9.17, 15) is 14.4 Å². The molecule has 0 unspecified atom stereocenters. The molecular formula is C22H28N4O3. The van der Waals surface area contributed by atoms with Gasteiger partial charge in [-0.15, -0.1) is 0 Å². The minimum atomic E-state index is -0.293. The van der Waals surface area contributed by atoms with Crippen LogP contribution < -0.4 is 16.0 Å². The van der Waals surface area contributed by atoms with E-state index in [1.807, 2.05) is 13.8 Å². The summed E-state index contributed by atoms with van der Waals surface area (Å²) in [6, 6.07) is 13.8. The van der Waals surface area contributed by atoms with E-state index in [-0.39, 0.29) is 24.3 Å². The molecular weight excluding hydrogens is 368 g/mol. The molecule has 0 saturated carbocycles. The van der Waals surface area contributed by atoms with E-state index >= 15 is 0 Å². The molecule has 0 aliphatic carbocycles. The summed E-state index contributed by atoms with van der Waals surface area (Å²) in [5.74, 6) is -0.296. The summed E-state index contributed by atoms with van der Waals surface area (Å²) in [6.07, 6.45) is 0. The zero-order chi connectivity index (χ0) is 21.4. The molecule has 3 N–H and O–H groups in total. The molecule has 0 saturated heterocycles. The molecule has 0 fully saturated rings. The summed E-state index contributed by atoms with van der Waals surface area (Å²) >= 11 is 0. The van der Waals surface area contributed by atoms with Gasteiger partial charge in [0.25, 0.3) is 11.8 Å². The van der Waals surface area contributed by atoms with Crippen molar-refractivity contribution in [3.8, 4) is 0 Å². The van der Waals surface area contributed by atoms with Crippen LogP contribution in [0.2, 0.25) is 0 Å². The number of carbonyl (C=O) groups excluding carboxylic acids is 3. The predicted molar refractivity (Wildman–Crippen MR) is 115 cm³/mol. The summed E-state index contributed by atoms with van der Waals surface area (Å²) in [5.41, 5.74) is 2.07. The maximum absolute atomic E-state index is 12.4. The summed E-state index contributed by atoms with van der Waals surface area (Å²) < 4.78 is 0. The number of hydrogen-bond donors (Lipinski definition) is 3. The molecule has 0 radical (unpaired) electrons. The molecule has 3 amide bonds. The Morgan fingerprint density at radius 1 is 1.00 bits per heavy atom. The highest BCUT2D eigenvalue weighted by Crippen LogP contribution is 2.16. The number of nitrogens with zero attached hydrogens (tertiary/aromatic N) is 1. The summed E-state index contributed by atoms with van der Waals surface area (Å²) in [7, 11) is 3.37. The molecule has 154 valence electrons. The van der Waals surface area contributed by atoms with Gasteiger partial charge in [-0.2, -0.15) is 0 Å². The molecule has 0 aliphatic heterocycles. The van der Waals surface area contributed by atoms with E-state index in [1.165, 1.54) is 4.90 Å². The SMILES string of the molecule is CC(C)CNC(=O)c1ccccc1NC(=O)CNc1cccc(C(=O)N(C)C)c1. The number of para-hydroxylation sites is 1. The largest absolute Gasteiger partial charge is 0.376 e.